The summed E-state index contributed by atoms with van der Waals surface area (Å²) in [6.07, 6.45) is -7.59. The van der Waals surface area contributed by atoms with Crippen LogP contribution in [0.3, 0.4) is 0 Å². The molecule has 0 radical (unpaired) electrons. The molecule has 0 bridgehead atoms. The Morgan fingerprint density at radius 3 is 1.90 bits per heavy atom. The lowest BCUT2D eigenvalue weighted by Gasteiger charge is -2.43. The van der Waals surface area contributed by atoms with E-state index in [0.717, 1.165) is 27.7 Å². The lowest BCUT2D eigenvalue weighted by atomic mass is 9.98. The van der Waals surface area contributed by atoms with Crippen LogP contribution in [0.1, 0.15) is 33.3 Å². The van der Waals surface area contributed by atoms with Crippen molar-refractivity contribution in [2.45, 2.75) is 64.8 Å². The van der Waals surface area contributed by atoms with Crippen molar-refractivity contribution in [2.24, 2.45) is 0 Å². The van der Waals surface area contributed by atoms with E-state index in [1.54, 1.807) is 42.5 Å². The molecule has 1 aliphatic heterocycles. The Hall–Kier alpha value is -3.87. The lowest BCUT2D eigenvalue weighted by Crippen LogP contribution is -2.63. The van der Waals surface area contributed by atoms with Gasteiger partial charge in [-0.1, -0.05) is 47.5 Å². The zero-order valence-corrected chi connectivity index (χ0v) is 24.6. The first kappa shape index (κ1) is 32.6. The van der Waals surface area contributed by atoms with Crippen LogP contribution >= 0.6 is 23.2 Å². The predicted molar refractivity (Wildman–Crippen MR) is 148 cm³/mol. The first-order valence-electron chi connectivity index (χ1n) is 12.6. The number of ether oxygens (including phenoxy) is 6. The Morgan fingerprint density at radius 2 is 1.31 bits per heavy atom. The average Bonchev–Trinajstić information content (AvgIpc) is 2.88. The van der Waals surface area contributed by atoms with Gasteiger partial charge in [0.05, 0.1) is 22.2 Å². The van der Waals surface area contributed by atoms with E-state index >= 15 is 0 Å². The fraction of sp³-hybridized carbons (Fsp3) is 0.393. The predicted octanol–water partition coefficient (Wildman–Crippen LogP) is 3.91. The van der Waals surface area contributed by atoms with Crippen molar-refractivity contribution in [1.82, 2.24) is 0 Å². The molecule has 0 aromatic heterocycles. The number of hydrogen-bond acceptors (Lipinski definition) is 12. The van der Waals surface area contributed by atoms with Crippen LogP contribution in [-0.2, 0) is 58.8 Å². The summed E-state index contributed by atoms with van der Waals surface area (Å²) in [7, 11) is 0. The summed E-state index contributed by atoms with van der Waals surface area (Å²) in [6, 6.07) is 11.8. The van der Waals surface area contributed by atoms with E-state index in [0.29, 0.717) is 27.0 Å². The molecule has 0 spiro atoms. The van der Waals surface area contributed by atoms with E-state index < -0.39 is 67.2 Å². The number of hydrogen-bond donors (Lipinski definition) is 1. The Labute approximate surface area is 251 Å². The maximum Gasteiger partial charge on any atom is 0.312 e. The molecule has 12 nitrogen and oxygen atoms in total. The highest BCUT2D eigenvalue weighted by molar-refractivity contribution is 6.39. The van der Waals surface area contributed by atoms with Gasteiger partial charge in [0.15, 0.2) is 12.2 Å². The van der Waals surface area contributed by atoms with Gasteiger partial charge in [0.2, 0.25) is 12.4 Å². The van der Waals surface area contributed by atoms with Gasteiger partial charge in [0.25, 0.3) is 0 Å². The minimum atomic E-state index is -1.64. The second-order valence-electron chi connectivity index (χ2n) is 9.11. The smallest absolute Gasteiger partial charge is 0.312 e. The molecule has 226 valence electrons. The third kappa shape index (κ3) is 9.07. The fourth-order valence-electron chi connectivity index (χ4n) is 4.16. The Bertz CT molecular complexity index is 1310. The molecule has 0 aliphatic carbocycles. The Kier molecular flexibility index (Phi) is 11.5. The minimum Gasteiger partial charge on any atom is -0.463 e. The van der Waals surface area contributed by atoms with E-state index in [1.165, 1.54) is 0 Å². The van der Waals surface area contributed by atoms with Crippen molar-refractivity contribution >= 4 is 64.4 Å². The zero-order valence-electron chi connectivity index (χ0n) is 23.1. The summed E-state index contributed by atoms with van der Waals surface area (Å²) in [6.45, 7) is 3.95. The van der Waals surface area contributed by atoms with Crippen LogP contribution in [0.2, 0.25) is 10.0 Å². The summed E-state index contributed by atoms with van der Waals surface area (Å²) in [5.74, 6) is -3.93. The van der Waals surface area contributed by atoms with E-state index in [2.05, 4.69) is 5.32 Å². The maximum atomic E-state index is 13.2. The van der Waals surface area contributed by atoms with Crippen LogP contribution in [-0.4, -0.2) is 67.2 Å². The number of carbonyl (C=O) groups is 5. The second kappa shape index (κ2) is 14.9. The van der Waals surface area contributed by atoms with Gasteiger partial charge in [-0.3, -0.25) is 24.0 Å². The number of anilines is 2. The van der Waals surface area contributed by atoms with Gasteiger partial charge >= 0.3 is 29.8 Å². The summed E-state index contributed by atoms with van der Waals surface area (Å²) in [4.78, 5) is 60.6. The molecule has 1 saturated heterocycles. The second-order valence-corrected chi connectivity index (χ2v) is 9.93. The van der Waals surface area contributed by atoms with Crippen molar-refractivity contribution < 1.29 is 52.4 Å². The van der Waals surface area contributed by atoms with Crippen molar-refractivity contribution in [2.75, 3.05) is 11.9 Å². The third-order valence-corrected chi connectivity index (χ3v) is 6.40. The van der Waals surface area contributed by atoms with Crippen LogP contribution < -0.4 is 5.32 Å². The highest BCUT2D eigenvalue weighted by atomic mass is 35.5. The molecular weight excluding hydrogens is 597 g/mol. The first-order chi connectivity index (χ1) is 19.8. The van der Waals surface area contributed by atoms with Gasteiger partial charge in [0, 0.05) is 33.4 Å². The molecular formula is C28H29Cl2NO11. The van der Waals surface area contributed by atoms with Gasteiger partial charge in [-0.15, -0.1) is 0 Å². The topological polar surface area (TPSA) is 153 Å². The molecule has 1 N–H and O–H groups in total. The number of halogens is 2. The Balaban J connectivity index is 1.90. The third-order valence-electron chi connectivity index (χ3n) is 5.77. The van der Waals surface area contributed by atoms with Gasteiger partial charge in [-0.25, -0.2) is 0 Å². The average molecular weight is 626 g/mol. The lowest BCUT2D eigenvalue weighted by molar-refractivity contribution is -0.300. The summed E-state index contributed by atoms with van der Waals surface area (Å²) in [5.41, 5.74) is 1.43. The molecule has 3 rings (SSSR count). The van der Waals surface area contributed by atoms with Crippen LogP contribution in [0.5, 0.6) is 0 Å². The zero-order chi connectivity index (χ0) is 31.0. The van der Waals surface area contributed by atoms with Crippen LogP contribution in [0.15, 0.2) is 42.5 Å². The number of benzene rings is 2. The van der Waals surface area contributed by atoms with Crippen molar-refractivity contribution in [3.8, 4) is 0 Å². The first-order valence-corrected chi connectivity index (χ1v) is 13.4. The largest absolute Gasteiger partial charge is 0.463 e. The number of rotatable bonds is 10. The fourth-order valence-corrected chi connectivity index (χ4v) is 4.65. The molecule has 1 heterocycles. The highest BCUT2D eigenvalue weighted by Crippen LogP contribution is 2.34. The maximum absolute atomic E-state index is 13.2. The van der Waals surface area contributed by atoms with Gasteiger partial charge < -0.3 is 33.7 Å². The quantitative estimate of drug-likeness (QED) is 0.301. The van der Waals surface area contributed by atoms with E-state index in [1.807, 2.05) is 0 Å². The number of carbonyl (C=O) groups excluding carboxylic acids is 5. The standard InChI is InChI=1S/C28H29Cl2NO11/c1-14(32)37-13-22-25(38-15(2)33)26(39-16(3)34)27(40-17(4)35)28(41-22)42-23(36)12-18-8-5-6-11-21(18)31-24-19(29)9-7-10-20(24)30/h5-11,22,25-28,31H,12-13H2,1-4H3/t22-,25-,26+,27-,28+/m1/s1. The van der Waals surface area contributed by atoms with E-state index in [-0.39, 0.29) is 6.42 Å². The van der Waals surface area contributed by atoms with Crippen LogP contribution in [0.25, 0.3) is 0 Å². The molecule has 1 fully saturated rings. The van der Waals surface area contributed by atoms with Gasteiger partial charge in [-0.2, -0.15) is 0 Å². The monoisotopic (exact) mass is 625 g/mol. The molecule has 14 heteroatoms. The number of nitrogens with one attached hydrogen (secondary N) is 1. The number of para-hydroxylation sites is 2. The highest BCUT2D eigenvalue weighted by Gasteiger charge is 2.53. The van der Waals surface area contributed by atoms with Gasteiger partial charge in [-0.05, 0) is 23.8 Å². The van der Waals surface area contributed by atoms with Crippen LogP contribution in [0.4, 0.5) is 11.4 Å². The minimum absolute atomic E-state index is 0.294. The van der Waals surface area contributed by atoms with Crippen LogP contribution in [0, 0.1) is 0 Å². The van der Waals surface area contributed by atoms with Crippen molar-refractivity contribution in [3.63, 3.8) is 0 Å². The normalized spacial score (nSPS) is 21.4. The summed E-state index contributed by atoms with van der Waals surface area (Å²) >= 11 is 12.6. The number of esters is 5. The molecule has 2 aromatic rings. The Morgan fingerprint density at radius 1 is 0.738 bits per heavy atom. The molecule has 1 aliphatic rings. The summed E-state index contributed by atoms with van der Waals surface area (Å²) in [5, 5.41) is 3.83. The molecule has 0 saturated carbocycles. The van der Waals surface area contributed by atoms with Gasteiger partial charge in [0.1, 0.15) is 12.7 Å². The van der Waals surface area contributed by atoms with Crippen molar-refractivity contribution in [1.29, 1.82) is 0 Å². The molecule has 0 unspecified atom stereocenters. The molecule has 42 heavy (non-hydrogen) atoms. The van der Waals surface area contributed by atoms with E-state index in [4.69, 9.17) is 51.6 Å². The SMILES string of the molecule is CC(=O)OC[C@H]1O[C@@H](OC(=O)Cc2ccccc2Nc2c(Cl)cccc2Cl)[C@H](OC(C)=O)[C@@H](OC(C)=O)[C@@H]1OC(C)=O. The molecule has 2 aromatic carbocycles. The molecule has 0 amide bonds. The van der Waals surface area contributed by atoms with E-state index in [9.17, 15) is 24.0 Å². The molecule has 5 atom stereocenters. The van der Waals surface area contributed by atoms with Crippen molar-refractivity contribution in [3.05, 3.63) is 58.1 Å². The summed E-state index contributed by atoms with van der Waals surface area (Å²) < 4.78 is 32.4.